The second-order valence-electron chi connectivity index (χ2n) is 27.3. The molecule has 0 atom stereocenters. The topological polar surface area (TPSA) is 356 Å². The first-order valence-corrected chi connectivity index (χ1v) is 41.2. The second-order valence-corrected chi connectivity index (χ2v) is 32.8. The highest BCUT2D eigenvalue weighted by molar-refractivity contribution is 9.11. The third-order valence-corrected chi connectivity index (χ3v) is 19.8. The van der Waals surface area contributed by atoms with Crippen molar-refractivity contribution in [2.24, 2.45) is 0 Å². The van der Waals surface area contributed by atoms with Gasteiger partial charge in [0.25, 0.3) is 47.3 Å². The van der Waals surface area contributed by atoms with Crippen molar-refractivity contribution in [3.8, 4) is 23.3 Å². The fourth-order valence-electron chi connectivity index (χ4n) is 11.4. The third kappa shape index (κ3) is 24.4. The molecular formula is C80H68Br3Cl7F6N20O8. The molecule has 0 bridgehead atoms. The number of hydrogen-bond donors (Lipinski definition) is 8. The lowest BCUT2D eigenvalue weighted by molar-refractivity contribution is -0.142. The van der Waals surface area contributed by atoms with Gasteiger partial charge < -0.3 is 42.5 Å². The Morgan fingerprint density at radius 2 is 0.629 bits per heavy atom. The highest BCUT2D eigenvalue weighted by atomic mass is 79.9. The van der Waals surface area contributed by atoms with Gasteiger partial charge in [-0.05, 0) is 204 Å². The van der Waals surface area contributed by atoms with Crippen molar-refractivity contribution in [3.63, 3.8) is 0 Å². The van der Waals surface area contributed by atoms with Crippen molar-refractivity contribution >= 4 is 199 Å². The average molecular weight is 2040 g/mol. The van der Waals surface area contributed by atoms with Crippen molar-refractivity contribution in [2.45, 2.75) is 99.7 Å². The quantitative estimate of drug-likeness (QED) is 0.0349. The van der Waals surface area contributed by atoms with Crippen molar-refractivity contribution in [2.75, 3.05) is 28.3 Å². The average Bonchev–Trinajstić information content (AvgIpc) is 1.64. The standard InChI is InChI=1S/C21H18BrClF3N5O2.C20H18BrCl2N5O2.C20H18Cl3N5O2.C19H14BrClF3N5O2/c1-10(2)28-19(32)13-8-12(22)7-11(3)17(13)29-20(33)15-9-16(21(24,25)26)30-31(15)18-14(23)5-4-6-27-18;1-10(2)25-19(29)13-8-12(22)7-11(3)17(13)26-20(30)15-9-16(21)27-28(15)18-14(23)5-4-6-24-18;1-10(2)25-19(29)13-8-12(21)7-11(3)17(13)26-20(30)15-9-16(23)27-28(15)18-14(22)5-4-6-24-18;1-9-6-10(20)7-11(17(30)25-2)15(9)27-18(31)13-8-14(19(22,23)24)28-29(13)16-12(21)4-3-5-26-16/h4-10H,1-3H3,(H,28,32)(H,29,33);2*4-10H,1-3H3,(H,25,29)(H,26,30);3-8H,1-2H3,(H,25,30)(H,27,31). The van der Waals surface area contributed by atoms with Crippen LogP contribution in [0.5, 0.6) is 0 Å². The van der Waals surface area contributed by atoms with Gasteiger partial charge in [-0.3, -0.25) is 38.4 Å². The van der Waals surface area contributed by atoms with Crippen molar-refractivity contribution in [3.05, 3.63) is 274 Å². The molecule has 28 nitrogen and oxygen atoms in total. The second kappa shape index (κ2) is 41.7. The summed E-state index contributed by atoms with van der Waals surface area (Å²) in [5.41, 5.74) is 0.842. The number of amides is 8. The molecule has 12 aromatic rings. The summed E-state index contributed by atoms with van der Waals surface area (Å²) in [5, 5.41) is 38.3. The third-order valence-electron chi connectivity index (χ3n) is 16.7. The minimum Gasteiger partial charge on any atom is -0.355 e. The fourth-order valence-corrected chi connectivity index (χ4v) is 14.4. The smallest absolute Gasteiger partial charge is 0.355 e. The van der Waals surface area contributed by atoms with Gasteiger partial charge >= 0.3 is 12.4 Å². The number of aromatic nitrogens is 12. The zero-order chi connectivity index (χ0) is 91.4. The normalized spacial score (nSPS) is 11.2. The number of aryl methyl sites for hydroxylation is 4. The first-order valence-electron chi connectivity index (χ1n) is 36.1. The van der Waals surface area contributed by atoms with E-state index < -0.39 is 70.6 Å². The molecule has 0 aliphatic heterocycles. The molecule has 0 fully saturated rings. The van der Waals surface area contributed by atoms with Gasteiger partial charge in [-0.2, -0.15) is 46.7 Å². The maximum atomic E-state index is 13.4. The molecule has 8 amide bonds. The number of halogens is 16. The van der Waals surface area contributed by atoms with Crippen LogP contribution in [0.25, 0.3) is 23.3 Å². The Morgan fingerprint density at radius 3 is 0.927 bits per heavy atom. The summed E-state index contributed by atoms with van der Waals surface area (Å²) in [7, 11) is 1.41. The number of carbonyl (C=O) groups excluding carboxylic acids is 8. The summed E-state index contributed by atoms with van der Waals surface area (Å²) in [6.45, 7) is 17.7. The van der Waals surface area contributed by atoms with Gasteiger partial charge in [0.15, 0.2) is 39.8 Å². The molecular weight excluding hydrogens is 1970 g/mol. The van der Waals surface area contributed by atoms with Gasteiger partial charge in [-0.25, -0.2) is 38.7 Å². The van der Waals surface area contributed by atoms with E-state index in [1.165, 1.54) is 89.6 Å². The lowest BCUT2D eigenvalue weighted by atomic mass is 10.1. The molecule has 8 aromatic heterocycles. The highest BCUT2D eigenvalue weighted by Gasteiger charge is 2.39. The van der Waals surface area contributed by atoms with Gasteiger partial charge in [-0.1, -0.05) is 113 Å². The van der Waals surface area contributed by atoms with E-state index in [-0.39, 0.29) is 108 Å². The predicted molar refractivity (Wildman–Crippen MR) is 471 cm³/mol. The number of nitrogens with zero attached hydrogens (tertiary/aromatic N) is 12. The van der Waals surface area contributed by atoms with Gasteiger partial charge in [-0.15, -0.1) is 0 Å². The first-order chi connectivity index (χ1) is 58.2. The van der Waals surface area contributed by atoms with Crippen LogP contribution in [0.4, 0.5) is 49.1 Å². The molecule has 0 spiro atoms. The van der Waals surface area contributed by atoms with Gasteiger partial charge in [0.2, 0.25) is 0 Å². The minimum atomic E-state index is -4.81. The summed E-state index contributed by atoms with van der Waals surface area (Å²) in [4.78, 5) is 119. The number of hydrogen-bond acceptors (Lipinski definition) is 16. The maximum Gasteiger partial charge on any atom is 0.435 e. The summed E-state index contributed by atoms with van der Waals surface area (Å²) in [6, 6.07) is 28.8. The van der Waals surface area contributed by atoms with E-state index >= 15 is 0 Å². The monoisotopic (exact) mass is 2030 g/mol. The Balaban J connectivity index is 0.000000187. The van der Waals surface area contributed by atoms with Crippen LogP contribution in [0, 0.1) is 27.7 Å². The molecule has 648 valence electrons. The van der Waals surface area contributed by atoms with Crippen molar-refractivity contribution in [1.82, 2.24) is 80.3 Å². The summed E-state index contributed by atoms with van der Waals surface area (Å²) >= 11 is 52.8. The fraction of sp³-hybridized carbons (Fsp3) is 0.200. The van der Waals surface area contributed by atoms with Crippen LogP contribution in [0.2, 0.25) is 35.3 Å². The minimum absolute atomic E-state index is 0.000182. The van der Waals surface area contributed by atoms with Crippen LogP contribution in [-0.4, -0.2) is 131 Å². The Bertz CT molecular complexity index is 5950. The number of carbonyl (C=O) groups is 8. The largest absolute Gasteiger partial charge is 0.435 e. The Kier molecular flexibility index (Phi) is 32.6. The van der Waals surface area contributed by atoms with Gasteiger partial charge in [0.1, 0.15) is 27.4 Å². The molecule has 0 unspecified atom stereocenters. The maximum absolute atomic E-state index is 13.4. The van der Waals surface area contributed by atoms with E-state index in [1.807, 2.05) is 27.7 Å². The Labute approximate surface area is 763 Å². The van der Waals surface area contributed by atoms with E-state index in [0.717, 1.165) is 4.68 Å². The van der Waals surface area contributed by atoms with E-state index in [0.29, 0.717) is 89.9 Å². The molecule has 0 aliphatic rings. The first kappa shape index (κ1) is 96.9. The van der Waals surface area contributed by atoms with E-state index in [1.54, 1.807) is 102 Å². The molecule has 8 N–H and O–H groups in total. The Hall–Kier alpha value is -10.9. The van der Waals surface area contributed by atoms with Gasteiger partial charge in [0.05, 0.1) is 65.1 Å². The zero-order valence-corrected chi connectivity index (χ0v) is 76.3. The predicted octanol–water partition coefficient (Wildman–Crippen LogP) is 20.0. The summed E-state index contributed by atoms with van der Waals surface area (Å²) in [5.74, 6) is -4.27. The number of rotatable bonds is 19. The lowest BCUT2D eigenvalue weighted by Gasteiger charge is -2.16. The van der Waals surface area contributed by atoms with Crippen LogP contribution >= 0.6 is 129 Å². The molecule has 124 heavy (non-hydrogen) atoms. The molecule has 0 radical (unpaired) electrons. The van der Waals surface area contributed by atoms with Crippen molar-refractivity contribution in [1.29, 1.82) is 0 Å². The number of benzene rings is 4. The van der Waals surface area contributed by atoms with Crippen LogP contribution in [-0.2, 0) is 12.4 Å². The van der Waals surface area contributed by atoms with E-state index in [9.17, 15) is 64.7 Å². The molecule has 8 heterocycles. The molecule has 12 rings (SSSR count). The number of anilines is 4. The zero-order valence-electron chi connectivity index (χ0n) is 66.3. The molecule has 44 heteroatoms. The number of pyridine rings is 4. The lowest BCUT2D eigenvalue weighted by Crippen LogP contribution is -2.31. The van der Waals surface area contributed by atoms with E-state index in [2.05, 4.69) is 131 Å². The molecule has 0 saturated carbocycles. The summed E-state index contributed by atoms with van der Waals surface area (Å²) in [6.07, 6.45) is -3.92. The van der Waals surface area contributed by atoms with Crippen LogP contribution in [0.15, 0.2) is 160 Å². The Morgan fingerprint density at radius 1 is 0.355 bits per heavy atom. The van der Waals surface area contributed by atoms with Crippen LogP contribution in [0.1, 0.15) is 159 Å². The molecule has 4 aromatic carbocycles. The van der Waals surface area contributed by atoms with Crippen LogP contribution in [0.3, 0.4) is 0 Å². The summed E-state index contributed by atoms with van der Waals surface area (Å²) < 4.78 is 85.6. The number of alkyl halides is 6. The molecule has 0 saturated heterocycles. The highest BCUT2D eigenvalue weighted by Crippen LogP contribution is 2.37. The number of nitrogens with one attached hydrogen (secondary N) is 8. The van der Waals surface area contributed by atoms with Gasteiger partial charge in [0, 0.05) is 93.2 Å². The SMILES string of the molecule is CNC(=O)c1cc(Br)cc(C)c1NC(=O)c1cc(C(F)(F)F)nn1-c1ncccc1Cl.Cc1cc(Br)cc(C(=O)NC(C)C)c1NC(=O)c1cc(C(F)(F)F)nn1-c1ncccc1Cl.Cc1cc(Cl)cc(C(=O)NC(C)C)c1NC(=O)c1cc(Br)nn1-c1ncccc1Cl.Cc1cc(Cl)cc(C(=O)NC(C)C)c1NC(=O)c1cc(Cl)nn1-c1ncccc1Cl. The van der Waals surface area contributed by atoms with Crippen molar-refractivity contribution < 1.29 is 64.7 Å². The van der Waals surface area contributed by atoms with Crippen LogP contribution < -0.4 is 42.5 Å². The van der Waals surface area contributed by atoms with E-state index in [4.69, 9.17) is 81.2 Å². The molecule has 0 aliphatic carbocycles.